The standard InChI is InChI=1S/C22H19ClF3N5O/c23-17-7-6-15(22(24,25)26)13-19(17)28-21(32)27-16-5-3-4-14(12-16)18-8-9-20(30-29-18)31-10-1-2-11-31/h3-9,12-13H,1-2,10-11H2,(H2,27,28,32). The van der Waals surface area contributed by atoms with Crippen LogP contribution in [0.15, 0.2) is 54.6 Å². The highest BCUT2D eigenvalue weighted by Gasteiger charge is 2.31. The third-order valence-corrected chi connectivity index (χ3v) is 5.37. The lowest BCUT2D eigenvalue weighted by Crippen LogP contribution is -2.20. The van der Waals surface area contributed by atoms with Crippen molar-refractivity contribution >= 4 is 34.8 Å². The van der Waals surface area contributed by atoms with E-state index in [1.165, 1.54) is 0 Å². The molecule has 10 heteroatoms. The molecule has 166 valence electrons. The Morgan fingerprint density at radius 1 is 0.969 bits per heavy atom. The van der Waals surface area contributed by atoms with Crippen molar-refractivity contribution in [2.45, 2.75) is 19.0 Å². The lowest BCUT2D eigenvalue weighted by molar-refractivity contribution is -0.137. The summed E-state index contributed by atoms with van der Waals surface area (Å²) in [7, 11) is 0. The van der Waals surface area contributed by atoms with Crippen LogP contribution in [0.3, 0.4) is 0 Å². The van der Waals surface area contributed by atoms with Crippen LogP contribution in [0.4, 0.5) is 35.2 Å². The molecular weight excluding hydrogens is 443 g/mol. The molecule has 0 unspecified atom stereocenters. The first kappa shape index (κ1) is 21.9. The van der Waals surface area contributed by atoms with Crippen molar-refractivity contribution in [3.8, 4) is 11.3 Å². The number of nitrogens with zero attached hydrogens (tertiary/aromatic N) is 3. The second-order valence-corrected chi connectivity index (χ2v) is 7.73. The van der Waals surface area contributed by atoms with Gasteiger partial charge >= 0.3 is 12.2 Å². The van der Waals surface area contributed by atoms with Gasteiger partial charge in [-0.1, -0.05) is 23.7 Å². The molecule has 6 nitrogen and oxygen atoms in total. The summed E-state index contributed by atoms with van der Waals surface area (Å²) in [6, 6.07) is 12.7. The zero-order valence-electron chi connectivity index (χ0n) is 16.8. The van der Waals surface area contributed by atoms with Crippen LogP contribution < -0.4 is 15.5 Å². The van der Waals surface area contributed by atoms with Crippen molar-refractivity contribution in [1.29, 1.82) is 0 Å². The summed E-state index contributed by atoms with van der Waals surface area (Å²) in [4.78, 5) is 14.5. The third-order valence-electron chi connectivity index (χ3n) is 5.04. The summed E-state index contributed by atoms with van der Waals surface area (Å²) < 4.78 is 38.8. The van der Waals surface area contributed by atoms with Crippen molar-refractivity contribution in [3.63, 3.8) is 0 Å². The van der Waals surface area contributed by atoms with Gasteiger partial charge in [-0.25, -0.2) is 4.79 Å². The lowest BCUT2D eigenvalue weighted by atomic mass is 10.1. The number of hydrogen-bond donors (Lipinski definition) is 2. The molecule has 0 bridgehead atoms. The second kappa shape index (κ2) is 9.04. The molecule has 1 aliphatic heterocycles. The first-order chi connectivity index (χ1) is 15.3. The molecule has 1 saturated heterocycles. The fraction of sp³-hybridized carbons (Fsp3) is 0.227. The average Bonchev–Trinajstić information content (AvgIpc) is 3.30. The van der Waals surface area contributed by atoms with Gasteiger partial charge < -0.3 is 15.5 Å². The van der Waals surface area contributed by atoms with Gasteiger partial charge in [-0.3, -0.25) is 0 Å². The lowest BCUT2D eigenvalue weighted by Gasteiger charge is -2.15. The number of amides is 2. The van der Waals surface area contributed by atoms with E-state index in [-0.39, 0.29) is 10.7 Å². The number of hydrogen-bond acceptors (Lipinski definition) is 4. The fourth-order valence-corrected chi connectivity index (χ4v) is 3.60. The molecule has 0 spiro atoms. The van der Waals surface area contributed by atoms with E-state index in [0.717, 1.165) is 55.5 Å². The Morgan fingerprint density at radius 2 is 1.75 bits per heavy atom. The number of carbonyl (C=O) groups is 1. The molecule has 3 aromatic rings. The first-order valence-corrected chi connectivity index (χ1v) is 10.3. The van der Waals surface area contributed by atoms with Crippen molar-refractivity contribution in [1.82, 2.24) is 10.2 Å². The second-order valence-electron chi connectivity index (χ2n) is 7.32. The number of urea groups is 1. The van der Waals surface area contributed by atoms with Crippen LogP contribution in [0, 0.1) is 0 Å². The molecule has 2 aromatic carbocycles. The number of carbonyl (C=O) groups excluding carboxylic acids is 1. The number of aromatic nitrogens is 2. The molecule has 2 amide bonds. The van der Waals surface area contributed by atoms with E-state index in [4.69, 9.17) is 11.6 Å². The van der Waals surface area contributed by atoms with Crippen LogP contribution in [-0.2, 0) is 6.18 Å². The van der Waals surface area contributed by atoms with Gasteiger partial charge in [0.2, 0.25) is 0 Å². The molecule has 0 atom stereocenters. The van der Waals surface area contributed by atoms with Crippen molar-refractivity contribution < 1.29 is 18.0 Å². The van der Waals surface area contributed by atoms with Gasteiger partial charge in [0, 0.05) is 24.3 Å². The fourth-order valence-electron chi connectivity index (χ4n) is 3.43. The minimum Gasteiger partial charge on any atom is -0.355 e. The number of anilines is 3. The number of nitrogens with one attached hydrogen (secondary N) is 2. The van der Waals surface area contributed by atoms with Crippen molar-refractivity contribution in [3.05, 3.63) is 65.2 Å². The Bertz CT molecular complexity index is 1120. The maximum atomic E-state index is 12.9. The van der Waals surface area contributed by atoms with Gasteiger partial charge in [0.1, 0.15) is 0 Å². The molecule has 4 rings (SSSR count). The Morgan fingerprint density at radius 3 is 2.44 bits per heavy atom. The number of rotatable bonds is 4. The average molecular weight is 462 g/mol. The van der Waals surface area contributed by atoms with Gasteiger partial charge in [-0.05, 0) is 55.3 Å². The summed E-state index contributed by atoms with van der Waals surface area (Å²) in [6.45, 7) is 1.94. The SMILES string of the molecule is O=C(Nc1cccc(-c2ccc(N3CCCC3)nn2)c1)Nc1cc(C(F)(F)F)ccc1Cl. The van der Waals surface area contributed by atoms with Crippen LogP contribution in [0.1, 0.15) is 18.4 Å². The molecule has 1 fully saturated rings. The van der Waals surface area contributed by atoms with E-state index in [2.05, 4.69) is 25.7 Å². The quantitative estimate of drug-likeness (QED) is 0.495. The Balaban J connectivity index is 1.45. The van der Waals surface area contributed by atoms with Gasteiger partial charge in [0.05, 0.1) is 22.0 Å². The van der Waals surface area contributed by atoms with Crippen LogP contribution in [0.25, 0.3) is 11.3 Å². The summed E-state index contributed by atoms with van der Waals surface area (Å²) in [5, 5.41) is 13.5. The highest BCUT2D eigenvalue weighted by Crippen LogP contribution is 2.34. The first-order valence-electron chi connectivity index (χ1n) is 9.93. The Labute approximate surface area is 187 Å². The topological polar surface area (TPSA) is 70.2 Å². The van der Waals surface area contributed by atoms with Gasteiger partial charge in [-0.15, -0.1) is 10.2 Å². The monoisotopic (exact) mass is 461 g/mol. The minimum atomic E-state index is -4.54. The number of benzene rings is 2. The smallest absolute Gasteiger partial charge is 0.355 e. The molecule has 0 radical (unpaired) electrons. The van der Waals surface area contributed by atoms with E-state index in [1.807, 2.05) is 18.2 Å². The zero-order valence-corrected chi connectivity index (χ0v) is 17.5. The molecule has 0 saturated carbocycles. The van der Waals surface area contributed by atoms with Gasteiger partial charge in [0.25, 0.3) is 0 Å². The summed E-state index contributed by atoms with van der Waals surface area (Å²) in [5.41, 5.74) is 0.764. The minimum absolute atomic E-state index is 0.00438. The van der Waals surface area contributed by atoms with E-state index in [9.17, 15) is 18.0 Å². The van der Waals surface area contributed by atoms with E-state index >= 15 is 0 Å². The van der Waals surface area contributed by atoms with Gasteiger partial charge in [-0.2, -0.15) is 13.2 Å². The van der Waals surface area contributed by atoms with E-state index in [0.29, 0.717) is 11.4 Å². The van der Waals surface area contributed by atoms with Crippen LogP contribution >= 0.6 is 11.6 Å². The van der Waals surface area contributed by atoms with Crippen molar-refractivity contribution in [2.75, 3.05) is 28.6 Å². The van der Waals surface area contributed by atoms with Crippen molar-refractivity contribution in [2.24, 2.45) is 0 Å². The highest BCUT2D eigenvalue weighted by molar-refractivity contribution is 6.33. The molecule has 2 heterocycles. The van der Waals surface area contributed by atoms with Crippen LogP contribution in [-0.4, -0.2) is 29.3 Å². The molecule has 32 heavy (non-hydrogen) atoms. The predicted octanol–water partition coefficient (Wildman–Crippen LogP) is 6.06. The Kier molecular flexibility index (Phi) is 6.18. The number of alkyl halides is 3. The highest BCUT2D eigenvalue weighted by atomic mass is 35.5. The Hall–Kier alpha value is -3.33. The molecular formula is C22H19ClF3N5O. The van der Waals surface area contributed by atoms with Crippen LogP contribution in [0.2, 0.25) is 5.02 Å². The molecule has 0 aliphatic carbocycles. The maximum absolute atomic E-state index is 12.9. The zero-order chi connectivity index (χ0) is 22.7. The van der Waals surface area contributed by atoms with E-state index in [1.54, 1.807) is 18.2 Å². The molecule has 1 aliphatic rings. The van der Waals surface area contributed by atoms with Gasteiger partial charge in [0.15, 0.2) is 5.82 Å². The largest absolute Gasteiger partial charge is 0.416 e. The predicted molar refractivity (Wildman–Crippen MR) is 118 cm³/mol. The van der Waals surface area contributed by atoms with Crippen LogP contribution in [0.5, 0.6) is 0 Å². The summed E-state index contributed by atoms with van der Waals surface area (Å²) in [5.74, 6) is 0.831. The normalized spacial score (nSPS) is 13.8. The molecule has 2 N–H and O–H groups in total. The summed E-state index contributed by atoms with van der Waals surface area (Å²) in [6.07, 6.45) is -2.26. The number of halogens is 4. The van der Waals surface area contributed by atoms with E-state index < -0.39 is 17.8 Å². The summed E-state index contributed by atoms with van der Waals surface area (Å²) >= 11 is 5.93. The maximum Gasteiger partial charge on any atom is 0.416 e. The molecule has 1 aromatic heterocycles. The third kappa shape index (κ3) is 5.11.